The van der Waals surface area contributed by atoms with Crippen molar-refractivity contribution < 1.29 is 44.4 Å². The van der Waals surface area contributed by atoms with Crippen molar-refractivity contribution in [1.29, 1.82) is 0 Å². The highest BCUT2D eigenvalue weighted by Crippen LogP contribution is 2.35. The normalized spacial score (nSPS) is 13.1. The van der Waals surface area contributed by atoms with E-state index in [1.165, 1.54) is 36.4 Å². The zero-order chi connectivity index (χ0) is 35.4. The van der Waals surface area contributed by atoms with Crippen LogP contribution in [0, 0.1) is 0 Å². The lowest BCUT2D eigenvalue weighted by molar-refractivity contribution is 0.479. The van der Waals surface area contributed by atoms with Crippen LogP contribution >= 0.6 is 0 Å². The molecule has 0 aliphatic heterocycles. The van der Waals surface area contributed by atoms with E-state index in [1.54, 1.807) is 85.0 Å². The third kappa shape index (κ3) is 8.88. The van der Waals surface area contributed by atoms with Gasteiger partial charge in [-0.2, -0.15) is 25.3 Å². The van der Waals surface area contributed by atoms with Crippen LogP contribution in [0.5, 0.6) is 0 Å². The Hall–Kier alpha value is -4.74. The average Bonchev–Trinajstić information content (AvgIpc) is 3.06. The standard InChI is InChI=1S/C35H32N2O9S3.H2O/c1-2-37(24-28-10-4-7-13-33(28)48(41,42)43)30-21-17-26(18-22-30)35(31-11-5-8-14-34(31)49(44,45)46)25-15-19-29(20-16-25)36-23-27-9-3-6-12-32(27)47(38,39)40;/h3-22H,2,23-24H2,1H3,(H,38,39,40)(H,41,42,43)(H,44,45,46);1H2. The van der Waals surface area contributed by atoms with Crippen LogP contribution in [0.3, 0.4) is 0 Å². The third-order valence-electron chi connectivity index (χ3n) is 7.79. The maximum Gasteiger partial charge on any atom is 0.295 e. The van der Waals surface area contributed by atoms with Gasteiger partial charge >= 0.3 is 0 Å². The van der Waals surface area contributed by atoms with Crippen LogP contribution in [-0.2, 0) is 43.4 Å². The van der Waals surface area contributed by atoms with Crippen LogP contribution in [-0.4, -0.2) is 56.6 Å². The maximum absolute atomic E-state index is 12.4. The molecule has 262 valence electrons. The lowest BCUT2D eigenvalue weighted by Gasteiger charge is -2.25. The van der Waals surface area contributed by atoms with Gasteiger partial charge in [0.15, 0.2) is 0 Å². The van der Waals surface area contributed by atoms with Crippen LogP contribution in [0.15, 0.2) is 147 Å². The summed E-state index contributed by atoms with van der Waals surface area (Å²) in [5.41, 5.74) is 3.90. The molecule has 0 atom stereocenters. The maximum atomic E-state index is 12.4. The van der Waals surface area contributed by atoms with Crippen molar-refractivity contribution in [1.82, 2.24) is 0 Å². The molecular formula is C35H34N2O10S3. The van der Waals surface area contributed by atoms with E-state index in [4.69, 9.17) is 0 Å². The molecule has 0 saturated heterocycles. The fourth-order valence-electron chi connectivity index (χ4n) is 5.49. The van der Waals surface area contributed by atoms with Crippen molar-refractivity contribution in [2.75, 3.05) is 11.4 Å². The van der Waals surface area contributed by atoms with Crippen molar-refractivity contribution in [3.63, 3.8) is 0 Å². The SMILES string of the molecule is CCN(Cc1ccccc1S(=O)(=O)O)c1ccc(C(=C2C=CC(=NCc3ccccc3S(=O)(=O)O)C=C2)c2ccccc2S(=O)(=O)O)cc1.O. The summed E-state index contributed by atoms with van der Waals surface area (Å²) >= 11 is 0. The summed E-state index contributed by atoms with van der Waals surface area (Å²) in [4.78, 5) is 5.68. The molecule has 5 N–H and O–H groups in total. The lowest BCUT2D eigenvalue weighted by atomic mass is 9.90. The van der Waals surface area contributed by atoms with Crippen molar-refractivity contribution in [3.8, 4) is 0 Å². The number of benzene rings is 4. The molecule has 0 saturated carbocycles. The van der Waals surface area contributed by atoms with Crippen LogP contribution in [0.25, 0.3) is 5.57 Å². The topological polar surface area (TPSA) is 210 Å². The van der Waals surface area contributed by atoms with Gasteiger partial charge in [-0.1, -0.05) is 78.9 Å². The monoisotopic (exact) mass is 738 g/mol. The van der Waals surface area contributed by atoms with Gasteiger partial charge in [0.2, 0.25) is 0 Å². The Morgan fingerprint density at radius 2 is 1.10 bits per heavy atom. The van der Waals surface area contributed by atoms with Crippen molar-refractivity contribution in [2.24, 2.45) is 4.99 Å². The summed E-state index contributed by atoms with van der Waals surface area (Å²) in [6.45, 7) is 2.56. The molecule has 15 heteroatoms. The predicted octanol–water partition coefficient (Wildman–Crippen LogP) is 5.20. The van der Waals surface area contributed by atoms with Crippen molar-refractivity contribution >= 4 is 47.3 Å². The Labute approximate surface area is 291 Å². The molecule has 5 rings (SSSR count). The van der Waals surface area contributed by atoms with Crippen LogP contribution in [0.2, 0.25) is 0 Å². The molecule has 50 heavy (non-hydrogen) atoms. The highest BCUT2D eigenvalue weighted by molar-refractivity contribution is 7.86. The summed E-state index contributed by atoms with van der Waals surface area (Å²) < 4.78 is 102. The molecule has 1 aliphatic rings. The second-order valence-corrected chi connectivity index (χ2v) is 15.1. The lowest BCUT2D eigenvalue weighted by Crippen LogP contribution is -2.23. The first-order chi connectivity index (χ1) is 23.2. The van der Waals surface area contributed by atoms with E-state index in [1.807, 2.05) is 11.8 Å². The molecule has 0 fully saturated rings. The van der Waals surface area contributed by atoms with Gasteiger partial charge in [-0.05, 0) is 77.2 Å². The first-order valence-electron chi connectivity index (χ1n) is 14.8. The Morgan fingerprint density at radius 1 is 0.620 bits per heavy atom. The second-order valence-electron chi connectivity index (χ2n) is 10.9. The van der Waals surface area contributed by atoms with Crippen LogP contribution in [0.4, 0.5) is 5.69 Å². The first kappa shape index (κ1) is 38.1. The van der Waals surface area contributed by atoms with E-state index in [2.05, 4.69) is 4.99 Å². The van der Waals surface area contributed by atoms with Gasteiger partial charge in [0.05, 0.1) is 22.0 Å². The molecule has 0 heterocycles. The third-order valence-corrected chi connectivity index (χ3v) is 10.6. The molecule has 0 radical (unpaired) electrons. The van der Waals surface area contributed by atoms with E-state index in [0.29, 0.717) is 40.1 Å². The fourth-order valence-corrected chi connectivity index (χ4v) is 7.62. The van der Waals surface area contributed by atoms with E-state index >= 15 is 0 Å². The molecule has 4 aromatic rings. The zero-order valence-corrected chi connectivity index (χ0v) is 29.0. The quantitative estimate of drug-likeness (QED) is 0.171. The summed E-state index contributed by atoms with van der Waals surface area (Å²) in [7, 11) is -13.5. The summed E-state index contributed by atoms with van der Waals surface area (Å²) in [5, 5.41) is 0. The molecule has 1 aliphatic carbocycles. The molecule has 0 spiro atoms. The highest BCUT2D eigenvalue weighted by Gasteiger charge is 2.22. The van der Waals surface area contributed by atoms with Crippen LogP contribution in [0.1, 0.15) is 29.2 Å². The Bertz CT molecular complexity index is 2330. The smallest absolute Gasteiger partial charge is 0.295 e. The number of hydrogen-bond donors (Lipinski definition) is 3. The summed E-state index contributed by atoms with van der Waals surface area (Å²) in [6, 6.07) is 25.4. The van der Waals surface area contributed by atoms with Gasteiger partial charge in [0.1, 0.15) is 4.90 Å². The number of hydrogen-bond acceptors (Lipinski definition) is 8. The minimum Gasteiger partial charge on any atom is -0.412 e. The largest absolute Gasteiger partial charge is 0.412 e. The van der Waals surface area contributed by atoms with Gasteiger partial charge in [-0.15, -0.1) is 0 Å². The molecule has 0 amide bonds. The fraction of sp³-hybridized carbons (Fsp3) is 0.114. The van der Waals surface area contributed by atoms with Gasteiger partial charge in [-0.3, -0.25) is 18.7 Å². The molecule has 0 unspecified atom stereocenters. The van der Waals surface area contributed by atoms with Crippen LogP contribution < -0.4 is 4.90 Å². The number of aliphatic imine (C=N–C) groups is 1. The van der Waals surface area contributed by atoms with E-state index in [-0.39, 0.29) is 38.8 Å². The highest BCUT2D eigenvalue weighted by atomic mass is 32.2. The number of rotatable bonds is 11. The van der Waals surface area contributed by atoms with Crippen molar-refractivity contribution in [3.05, 3.63) is 149 Å². The second kappa shape index (κ2) is 15.4. The molecule has 12 nitrogen and oxygen atoms in total. The summed E-state index contributed by atoms with van der Waals surface area (Å²) in [5.74, 6) is 0. The van der Waals surface area contributed by atoms with Gasteiger partial charge in [-0.25, -0.2) is 0 Å². The first-order valence-corrected chi connectivity index (χ1v) is 19.2. The Kier molecular flexibility index (Phi) is 11.8. The molecule has 4 aromatic carbocycles. The van der Waals surface area contributed by atoms with Gasteiger partial charge in [0.25, 0.3) is 30.4 Å². The Morgan fingerprint density at radius 3 is 1.64 bits per heavy atom. The zero-order valence-electron chi connectivity index (χ0n) is 26.6. The number of anilines is 1. The molecular weight excluding hydrogens is 705 g/mol. The number of allylic oxidation sites excluding steroid dienone is 5. The molecule has 0 bridgehead atoms. The molecule has 0 aromatic heterocycles. The van der Waals surface area contributed by atoms with E-state index in [9.17, 15) is 38.9 Å². The summed E-state index contributed by atoms with van der Waals surface area (Å²) in [6.07, 6.45) is 6.81. The Balaban J connectivity index is 0.00000562. The van der Waals surface area contributed by atoms with E-state index in [0.717, 1.165) is 5.69 Å². The minimum atomic E-state index is -4.62. The average molecular weight is 739 g/mol. The van der Waals surface area contributed by atoms with Gasteiger partial charge in [0, 0.05) is 24.3 Å². The minimum absolute atomic E-state index is 0. The van der Waals surface area contributed by atoms with E-state index < -0.39 is 30.4 Å². The van der Waals surface area contributed by atoms with Gasteiger partial charge < -0.3 is 10.4 Å². The predicted molar refractivity (Wildman–Crippen MR) is 191 cm³/mol. The number of nitrogens with zero attached hydrogens (tertiary/aromatic N) is 2. The van der Waals surface area contributed by atoms with Crippen molar-refractivity contribution in [2.45, 2.75) is 34.7 Å².